The molecule has 56 valence electrons. The van der Waals surface area contributed by atoms with Gasteiger partial charge in [0.1, 0.15) is 5.17 Å². The Labute approximate surface area is 73.3 Å². The average Bonchev–Trinajstić information content (AvgIpc) is 2.70. The van der Waals surface area contributed by atoms with Gasteiger partial charge in [-0.2, -0.15) is 0 Å². The lowest BCUT2D eigenvalue weighted by Crippen LogP contribution is -1.92. The molecule has 0 bridgehead atoms. The molecule has 0 amide bonds. The molecular weight excluding hydrogens is 215 g/mol. The van der Waals surface area contributed by atoms with Crippen LogP contribution in [0.4, 0.5) is 0 Å². The van der Waals surface area contributed by atoms with Crippen LogP contribution in [0.3, 0.4) is 0 Å². The highest BCUT2D eigenvalue weighted by Gasteiger charge is 2.20. The van der Waals surface area contributed by atoms with Crippen molar-refractivity contribution in [3.05, 3.63) is 10.7 Å². The van der Waals surface area contributed by atoms with Gasteiger partial charge < -0.3 is 5.73 Å². The maximum absolute atomic E-state index is 5.72. The lowest BCUT2D eigenvalue weighted by atomic mass is 10.6. The van der Waals surface area contributed by atoms with Crippen molar-refractivity contribution in [1.29, 1.82) is 0 Å². The molecule has 0 saturated heterocycles. The summed E-state index contributed by atoms with van der Waals surface area (Å²) < 4.78 is 0.668. The second kappa shape index (κ2) is 3.39. The predicted molar refractivity (Wildman–Crippen MR) is 47.5 cm³/mol. The van der Waals surface area contributed by atoms with Gasteiger partial charge in [-0.1, -0.05) is 11.6 Å². The molecule has 10 heavy (non-hydrogen) atoms. The highest BCUT2D eigenvalue weighted by Crippen LogP contribution is 2.25. The molecule has 0 radical (unpaired) electrons. The molecule has 2 N–H and O–H groups in total. The van der Waals surface area contributed by atoms with E-state index in [-0.39, 0.29) is 0 Å². The van der Waals surface area contributed by atoms with Gasteiger partial charge in [-0.3, -0.25) is 4.99 Å². The lowest BCUT2D eigenvalue weighted by Gasteiger charge is -1.92. The average molecular weight is 224 g/mol. The Morgan fingerprint density at radius 2 is 2.30 bits per heavy atom. The van der Waals surface area contributed by atoms with E-state index < -0.39 is 0 Å². The third kappa shape index (κ3) is 2.31. The van der Waals surface area contributed by atoms with Gasteiger partial charge >= 0.3 is 0 Å². The van der Waals surface area contributed by atoms with Crippen LogP contribution in [-0.4, -0.2) is 11.2 Å². The standard InChI is InChI=1S/C6H8BrClN2/c7-5(3-9)6(8)10-4-1-2-4/h3-4H,1-2,9H2. The van der Waals surface area contributed by atoms with E-state index in [4.69, 9.17) is 17.3 Å². The molecule has 1 aliphatic carbocycles. The van der Waals surface area contributed by atoms with Crippen LogP contribution in [0.5, 0.6) is 0 Å². The topological polar surface area (TPSA) is 38.4 Å². The summed E-state index contributed by atoms with van der Waals surface area (Å²) in [5, 5.41) is 0.477. The number of hydrogen-bond acceptors (Lipinski definition) is 2. The van der Waals surface area contributed by atoms with Gasteiger partial charge in [0.15, 0.2) is 0 Å². The summed E-state index contributed by atoms with van der Waals surface area (Å²) in [5.41, 5.74) is 5.19. The molecule has 1 saturated carbocycles. The zero-order valence-electron chi connectivity index (χ0n) is 5.35. The number of aliphatic imine (C=N–C) groups is 1. The lowest BCUT2D eigenvalue weighted by molar-refractivity contribution is 1.07. The van der Waals surface area contributed by atoms with Crippen LogP contribution in [-0.2, 0) is 0 Å². The summed E-state index contributed by atoms with van der Waals surface area (Å²) in [4.78, 5) is 4.15. The summed E-state index contributed by atoms with van der Waals surface area (Å²) in [6, 6.07) is 0.444. The molecule has 1 aliphatic rings. The van der Waals surface area contributed by atoms with Crippen molar-refractivity contribution < 1.29 is 0 Å². The first-order chi connectivity index (χ1) is 4.74. The van der Waals surface area contributed by atoms with E-state index >= 15 is 0 Å². The normalized spacial score (nSPS) is 21.4. The molecular formula is C6H8BrClN2. The molecule has 0 atom stereocenters. The zero-order valence-corrected chi connectivity index (χ0v) is 7.69. The highest BCUT2D eigenvalue weighted by atomic mass is 79.9. The Bertz CT molecular complexity index is 184. The monoisotopic (exact) mass is 222 g/mol. The van der Waals surface area contributed by atoms with Crippen LogP contribution in [0.15, 0.2) is 15.7 Å². The van der Waals surface area contributed by atoms with Gasteiger partial charge in [-0.15, -0.1) is 0 Å². The van der Waals surface area contributed by atoms with Gasteiger partial charge in [-0.05, 0) is 28.8 Å². The minimum atomic E-state index is 0.444. The summed E-state index contributed by atoms with van der Waals surface area (Å²) in [5.74, 6) is 0. The third-order valence-corrected chi connectivity index (χ3v) is 2.36. The summed E-state index contributed by atoms with van der Waals surface area (Å²) in [6.07, 6.45) is 3.70. The molecule has 0 aromatic rings. The van der Waals surface area contributed by atoms with Crippen LogP contribution < -0.4 is 5.73 Å². The Morgan fingerprint density at radius 1 is 1.70 bits per heavy atom. The molecule has 4 heteroatoms. The van der Waals surface area contributed by atoms with Crippen LogP contribution in [0.1, 0.15) is 12.8 Å². The highest BCUT2D eigenvalue weighted by molar-refractivity contribution is 9.12. The second-order valence-electron chi connectivity index (χ2n) is 2.17. The van der Waals surface area contributed by atoms with E-state index in [0.717, 1.165) is 12.8 Å². The summed E-state index contributed by atoms with van der Waals surface area (Å²) >= 11 is 8.89. The maximum Gasteiger partial charge on any atom is 0.139 e. The van der Waals surface area contributed by atoms with Gasteiger partial charge in [0, 0.05) is 6.20 Å². The van der Waals surface area contributed by atoms with E-state index in [2.05, 4.69) is 20.9 Å². The van der Waals surface area contributed by atoms with E-state index in [1.165, 1.54) is 6.20 Å². The Kier molecular flexibility index (Phi) is 2.74. The van der Waals surface area contributed by atoms with Crippen molar-refractivity contribution in [2.75, 3.05) is 0 Å². The molecule has 0 aromatic heterocycles. The number of halogens is 2. The molecule has 1 fully saturated rings. The number of nitrogens with two attached hydrogens (primary N) is 1. The molecule has 0 aromatic carbocycles. The molecule has 0 unspecified atom stereocenters. The Balaban J connectivity index is 2.53. The second-order valence-corrected chi connectivity index (χ2v) is 3.38. The third-order valence-electron chi connectivity index (χ3n) is 1.19. The smallest absolute Gasteiger partial charge is 0.139 e. The van der Waals surface area contributed by atoms with Crippen molar-refractivity contribution in [3.8, 4) is 0 Å². The van der Waals surface area contributed by atoms with Gasteiger partial charge in [0.05, 0.1) is 10.5 Å². The van der Waals surface area contributed by atoms with Gasteiger partial charge in [0.25, 0.3) is 0 Å². The Hall–Kier alpha value is -0.0200. The zero-order chi connectivity index (χ0) is 7.56. The first kappa shape index (κ1) is 8.08. The number of allylic oxidation sites excluding steroid dienone is 1. The molecule has 0 heterocycles. The Morgan fingerprint density at radius 3 is 2.70 bits per heavy atom. The minimum Gasteiger partial charge on any atom is -0.404 e. The van der Waals surface area contributed by atoms with Crippen molar-refractivity contribution in [3.63, 3.8) is 0 Å². The van der Waals surface area contributed by atoms with Crippen molar-refractivity contribution in [2.24, 2.45) is 10.7 Å². The van der Waals surface area contributed by atoms with Crippen molar-refractivity contribution in [2.45, 2.75) is 18.9 Å². The predicted octanol–water partition coefficient (Wildman–Crippen LogP) is 1.98. The number of nitrogens with zero attached hydrogens (tertiary/aromatic N) is 1. The fraction of sp³-hybridized carbons (Fsp3) is 0.500. The maximum atomic E-state index is 5.72. The number of hydrogen-bond donors (Lipinski definition) is 1. The van der Waals surface area contributed by atoms with E-state index in [0.29, 0.717) is 15.7 Å². The fourth-order valence-electron chi connectivity index (χ4n) is 0.494. The van der Waals surface area contributed by atoms with Gasteiger partial charge in [-0.25, -0.2) is 0 Å². The van der Waals surface area contributed by atoms with E-state index in [1.807, 2.05) is 0 Å². The molecule has 1 rings (SSSR count). The fourth-order valence-corrected chi connectivity index (χ4v) is 0.798. The van der Waals surface area contributed by atoms with E-state index in [9.17, 15) is 0 Å². The quantitative estimate of drug-likeness (QED) is 0.714. The SMILES string of the molecule is NC=C(Br)C(Cl)=NC1CC1. The first-order valence-corrected chi connectivity index (χ1v) is 4.22. The van der Waals surface area contributed by atoms with Gasteiger partial charge in [0.2, 0.25) is 0 Å². The number of rotatable bonds is 2. The first-order valence-electron chi connectivity index (χ1n) is 3.05. The van der Waals surface area contributed by atoms with E-state index in [1.54, 1.807) is 0 Å². The largest absolute Gasteiger partial charge is 0.404 e. The molecule has 0 aliphatic heterocycles. The van der Waals surface area contributed by atoms with Crippen LogP contribution in [0.2, 0.25) is 0 Å². The molecule has 0 spiro atoms. The van der Waals surface area contributed by atoms with Crippen LogP contribution >= 0.6 is 27.5 Å². The van der Waals surface area contributed by atoms with Crippen LogP contribution in [0.25, 0.3) is 0 Å². The summed E-state index contributed by atoms with van der Waals surface area (Å²) in [7, 11) is 0. The summed E-state index contributed by atoms with van der Waals surface area (Å²) in [6.45, 7) is 0. The minimum absolute atomic E-state index is 0.444. The van der Waals surface area contributed by atoms with Crippen molar-refractivity contribution in [1.82, 2.24) is 0 Å². The van der Waals surface area contributed by atoms with Crippen molar-refractivity contribution >= 4 is 32.7 Å². The van der Waals surface area contributed by atoms with Crippen LogP contribution in [0, 0.1) is 0 Å². The molecule has 2 nitrogen and oxygen atoms in total.